The summed E-state index contributed by atoms with van der Waals surface area (Å²) in [6.45, 7) is 2.59. The Hall–Kier alpha value is -4.15. The van der Waals surface area contributed by atoms with Gasteiger partial charge in [-0.2, -0.15) is 0 Å². The van der Waals surface area contributed by atoms with Gasteiger partial charge in [-0.3, -0.25) is 24.6 Å². The van der Waals surface area contributed by atoms with Crippen LogP contribution in [0.5, 0.6) is 0 Å². The number of amides is 1. The molecule has 1 heterocycles. The van der Waals surface area contributed by atoms with Crippen LogP contribution in [0.4, 0.5) is 5.69 Å². The second kappa shape index (κ2) is 8.69. The number of aldehydes is 2. The van der Waals surface area contributed by atoms with Gasteiger partial charge in [-0.1, -0.05) is 12.1 Å². The zero-order chi connectivity index (χ0) is 23.5. The molecule has 0 saturated carbocycles. The number of carbonyl (C=O) groups is 5. The summed E-state index contributed by atoms with van der Waals surface area (Å²) in [5.74, 6) is -2.28. The number of esters is 2. The van der Waals surface area contributed by atoms with Gasteiger partial charge in [-0.15, -0.1) is 0 Å². The number of rotatable bonds is 7. The number of hydrogen-bond acceptors (Lipinski definition) is 9. The quantitative estimate of drug-likeness (QED) is 0.269. The molecule has 0 N–H and O–H groups in total. The predicted molar refractivity (Wildman–Crippen MR) is 104 cm³/mol. The highest BCUT2D eigenvalue weighted by atomic mass is 16.6. The van der Waals surface area contributed by atoms with Crippen molar-refractivity contribution in [2.45, 2.75) is 19.3 Å². The molecule has 2 rings (SSSR count). The second-order valence-corrected chi connectivity index (χ2v) is 6.42. The maximum Gasteiger partial charge on any atom is 0.337 e. The van der Waals surface area contributed by atoms with Gasteiger partial charge in [-0.25, -0.2) is 9.59 Å². The number of hydrogen-bond donors (Lipinski definition) is 0. The van der Waals surface area contributed by atoms with Gasteiger partial charge in [0.1, 0.15) is 11.7 Å². The van der Waals surface area contributed by atoms with Crippen molar-refractivity contribution < 1.29 is 38.4 Å². The summed E-state index contributed by atoms with van der Waals surface area (Å²) in [4.78, 5) is 73.8. The minimum atomic E-state index is -2.46. The maximum atomic E-state index is 12.8. The molecule has 1 aromatic carbocycles. The highest BCUT2D eigenvalue weighted by Gasteiger charge is 2.56. The van der Waals surface area contributed by atoms with E-state index in [0.29, 0.717) is 6.41 Å². The number of nitro benzene ring substituents is 1. The summed E-state index contributed by atoms with van der Waals surface area (Å²) in [5.41, 5.74) is -5.31. The minimum Gasteiger partial charge on any atom is -0.466 e. The van der Waals surface area contributed by atoms with Crippen LogP contribution in [0.15, 0.2) is 40.7 Å². The van der Waals surface area contributed by atoms with Crippen LogP contribution in [0.3, 0.4) is 0 Å². The van der Waals surface area contributed by atoms with E-state index in [1.165, 1.54) is 26.0 Å². The number of nitro groups is 1. The molecule has 0 aromatic heterocycles. The fraction of sp³-hybridized carbons (Fsp3) is 0.250. The van der Waals surface area contributed by atoms with Gasteiger partial charge in [0.2, 0.25) is 6.41 Å². The summed E-state index contributed by atoms with van der Waals surface area (Å²) < 4.78 is 9.54. The van der Waals surface area contributed by atoms with Crippen molar-refractivity contribution >= 4 is 36.6 Å². The van der Waals surface area contributed by atoms with Crippen LogP contribution in [0.25, 0.3) is 0 Å². The van der Waals surface area contributed by atoms with Crippen molar-refractivity contribution in [2.24, 2.45) is 0 Å². The van der Waals surface area contributed by atoms with Gasteiger partial charge in [0.05, 0.1) is 35.9 Å². The Morgan fingerprint density at radius 2 is 1.55 bits per heavy atom. The van der Waals surface area contributed by atoms with E-state index in [0.717, 1.165) is 25.2 Å². The maximum absolute atomic E-state index is 12.8. The second-order valence-electron chi connectivity index (χ2n) is 6.42. The van der Waals surface area contributed by atoms with Crippen LogP contribution < -0.4 is 0 Å². The van der Waals surface area contributed by atoms with Crippen LogP contribution in [0.1, 0.15) is 29.8 Å². The number of benzene rings is 1. The van der Waals surface area contributed by atoms with Gasteiger partial charge in [0.15, 0.2) is 6.29 Å². The van der Waals surface area contributed by atoms with Gasteiger partial charge in [0, 0.05) is 23.0 Å². The highest BCUT2D eigenvalue weighted by Crippen LogP contribution is 2.49. The Labute approximate surface area is 176 Å². The van der Waals surface area contributed by atoms with Crippen molar-refractivity contribution in [3.05, 3.63) is 62.0 Å². The zero-order valence-corrected chi connectivity index (χ0v) is 17.0. The predicted octanol–water partition coefficient (Wildman–Crippen LogP) is 1.21. The molecule has 31 heavy (non-hydrogen) atoms. The van der Waals surface area contributed by atoms with E-state index in [-0.39, 0.29) is 29.5 Å². The Morgan fingerprint density at radius 3 is 1.90 bits per heavy atom. The molecule has 0 atom stereocenters. The molecule has 1 aliphatic rings. The van der Waals surface area contributed by atoms with Gasteiger partial charge >= 0.3 is 11.9 Å². The number of methoxy groups -OCH3 is 2. The first-order valence-corrected chi connectivity index (χ1v) is 8.71. The van der Waals surface area contributed by atoms with Crippen LogP contribution in [0.2, 0.25) is 0 Å². The van der Waals surface area contributed by atoms with E-state index in [9.17, 15) is 34.1 Å². The lowest BCUT2D eigenvalue weighted by atomic mass is 9.64. The smallest absolute Gasteiger partial charge is 0.337 e. The number of allylic oxidation sites excluding steroid dienone is 2. The Kier molecular flexibility index (Phi) is 6.49. The molecule has 0 bridgehead atoms. The largest absolute Gasteiger partial charge is 0.466 e. The standard InChI is InChI=1S/C20H18N2O9/c1-11-15(18(26)30-3)20(9-24,16(19(27)31-4)12(2)21(11)10-25)17-13(8-23)6-5-7-14(17)22(28)29/h5-10H,1-4H3. The third-order valence-electron chi connectivity index (χ3n) is 5.09. The summed E-state index contributed by atoms with van der Waals surface area (Å²) in [7, 11) is 1.99. The molecule has 0 fully saturated rings. The fourth-order valence-electron chi connectivity index (χ4n) is 3.83. The van der Waals surface area contributed by atoms with E-state index in [2.05, 4.69) is 0 Å². The van der Waals surface area contributed by atoms with Gasteiger partial charge < -0.3 is 14.3 Å². The number of carbonyl (C=O) groups excluding carboxylic acids is 5. The third kappa shape index (κ3) is 3.29. The zero-order valence-electron chi connectivity index (χ0n) is 17.0. The number of ether oxygens (including phenoxy) is 2. The summed E-state index contributed by atoms with van der Waals surface area (Å²) >= 11 is 0. The van der Waals surface area contributed by atoms with Crippen molar-refractivity contribution in [1.82, 2.24) is 4.90 Å². The first kappa shape index (κ1) is 23.1. The average molecular weight is 430 g/mol. The van der Waals surface area contributed by atoms with Crippen LogP contribution in [-0.2, 0) is 34.1 Å². The average Bonchev–Trinajstić information content (AvgIpc) is 2.77. The van der Waals surface area contributed by atoms with Gasteiger partial charge in [-0.05, 0) is 13.8 Å². The third-order valence-corrected chi connectivity index (χ3v) is 5.09. The molecule has 11 heteroatoms. The number of nitrogens with zero attached hydrogens (tertiary/aromatic N) is 2. The van der Waals surface area contributed by atoms with E-state index < -0.39 is 44.7 Å². The highest BCUT2D eigenvalue weighted by molar-refractivity contribution is 6.11. The summed E-state index contributed by atoms with van der Waals surface area (Å²) in [5, 5.41) is 11.8. The van der Waals surface area contributed by atoms with E-state index in [4.69, 9.17) is 9.47 Å². The molecule has 1 amide bonds. The molecule has 1 aromatic rings. The summed E-state index contributed by atoms with van der Waals surface area (Å²) in [6, 6.07) is 3.43. The molecule has 0 unspecified atom stereocenters. The van der Waals surface area contributed by atoms with E-state index in [1.807, 2.05) is 0 Å². The lowest BCUT2D eigenvalue weighted by Gasteiger charge is -2.40. The van der Waals surface area contributed by atoms with Crippen molar-refractivity contribution in [2.75, 3.05) is 14.2 Å². The van der Waals surface area contributed by atoms with E-state index in [1.54, 1.807) is 0 Å². The minimum absolute atomic E-state index is 0.117. The Balaban J connectivity index is 3.28. The molecule has 1 aliphatic heterocycles. The van der Waals surface area contributed by atoms with Gasteiger partial charge in [0.25, 0.3) is 5.69 Å². The fourth-order valence-corrected chi connectivity index (χ4v) is 3.83. The summed E-state index contributed by atoms with van der Waals surface area (Å²) in [6.07, 6.45) is 0.690. The van der Waals surface area contributed by atoms with Crippen LogP contribution in [-0.4, -0.2) is 55.0 Å². The normalized spacial score (nSPS) is 15.3. The molecule has 0 aliphatic carbocycles. The van der Waals surface area contributed by atoms with Crippen molar-refractivity contribution in [3.8, 4) is 0 Å². The SMILES string of the molecule is COC(=O)C1=C(C)N(C=O)C(C)=C(C(=O)OC)C1(C=O)c1c(C=O)cccc1[N+](=O)[O-]. The Morgan fingerprint density at radius 1 is 1.03 bits per heavy atom. The first-order valence-electron chi connectivity index (χ1n) is 8.71. The van der Waals surface area contributed by atoms with Crippen LogP contribution >= 0.6 is 0 Å². The van der Waals surface area contributed by atoms with Crippen molar-refractivity contribution in [3.63, 3.8) is 0 Å². The lowest BCUT2D eigenvalue weighted by Crippen LogP contribution is -2.48. The van der Waals surface area contributed by atoms with Crippen molar-refractivity contribution in [1.29, 1.82) is 0 Å². The molecular formula is C20H18N2O9. The molecule has 0 radical (unpaired) electrons. The topological polar surface area (TPSA) is 150 Å². The lowest BCUT2D eigenvalue weighted by molar-refractivity contribution is -0.385. The molecule has 0 saturated heterocycles. The Bertz CT molecular complexity index is 1030. The molecular weight excluding hydrogens is 412 g/mol. The molecule has 11 nitrogen and oxygen atoms in total. The first-order chi connectivity index (χ1) is 14.7. The monoisotopic (exact) mass is 430 g/mol. The molecule has 0 spiro atoms. The van der Waals surface area contributed by atoms with E-state index >= 15 is 0 Å². The van der Waals surface area contributed by atoms with Crippen LogP contribution in [0, 0.1) is 10.1 Å². The molecule has 162 valence electrons.